The molecule has 3 rings (SSSR count). The first-order chi connectivity index (χ1) is 11.3. The number of urea groups is 1. The number of aromatic nitrogens is 2. The number of nitrogens with one attached hydrogen (secondary N) is 2. The molecule has 1 aliphatic heterocycles. The molecule has 0 aliphatic carbocycles. The molecule has 0 spiro atoms. The minimum Gasteiger partial charge on any atom is -0.495 e. The zero-order valence-corrected chi connectivity index (χ0v) is 12.7. The van der Waals surface area contributed by atoms with Crippen LogP contribution in [0.1, 0.15) is 30.7 Å². The van der Waals surface area contributed by atoms with E-state index >= 15 is 0 Å². The Bertz CT molecular complexity index is 667. The van der Waals surface area contributed by atoms with Gasteiger partial charge < -0.3 is 24.6 Å². The van der Waals surface area contributed by atoms with E-state index in [2.05, 4.69) is 20.8 Å². The average Bonchev–Trinajstić information content (AvgIpc) is 3.24. The molecule has 0 unspecified atom stereocenters. The highest BCUT2D eigenvalue weighted by atomic mass is 16.5. The summed E-state index contributed by atoms with van der Waals surface area (Å²) >= 11 is 0. The highest BCUT2D eigenvalue weighted by Gasteiger charge is 2.23. The van der Waals surface area contributed by atoms with Gasteiger partial charge in [0, 0.05) is 6.61 Å². The number of nitrogens with zero attached hydrogens (tertiary/aromatic N) is 2. The summed E-state index contributed by atoms with van der Waals surface area (Å²) in [6.45, 7) is 0.874. The number of anilines is 1. The maximum atomic E-state index is 11.9. The second-order valence-electron chi connectivity index (χ2n) is 5.06. The summed E-state index contributed by atoms with van der Waals surface area (Å²) in [5, 5.41) is 9.22. The minimum atomic E-state index is -0.377. The van der Waals surface area contributed by atoms with Crippen LogP contribution in [0, 0.1) is 0 Å². The monoisotopic (exact) mass is 318 g/mol. The molecule has 2 heterocycles. The van der Waals surface area contributed by atoms with Crippen LogP contribution in [0.2, 0.25) is 0 Å². The van der Waals surface area contributed by atoms with Gasteiger partial charge in [0.05, 0.1) is 19.3 Å². The molecule has 2 amide bonds. The Balaban J connectivity index is 1.52. The van der Waals surface area contributed by atoms with Crippen molar-refractivity contribution in [2.75, 3.05) is 19.0 Å². The van der Waals surface area contributed by atoms with Gasteiger partial charge in [0.2, 0.25) is 0 Å². The van der Waals surface area contributed by atoms with E-state index in [0.717, 1.165) is 12.8 Å². The van der Waals surface area contributed by atoms with Crippen LogP contribution in [0.4, 0.5) is 10.5 Å². The van der Waals surface area contributed by atoms with Crippen molar-refractivity contribution in [2.45, 2.75) is 25.5 Å². The molecule has 8 heteroatoms. The Labute approximate surface area is 133 Å². The van der Waals surface area contributed by atoms with E-state index in [9.17, 15) is 4.79 Å². The van der Waals surface area contributed by atoms with Gasteiger partial charge >= 0.3 is 6.03 Å². The van der Waals surface area contributed by atoms with Crippen LogP contribution in [0.5, 0.6) is 5.75 Å². The molecule has 0 radical (unpaired) electrons. The van der Waals surface area contributed by atoms with Crippen LogP contribution in [0.25, 0.3) is 0 Å². The second kappa shape index (κ2) is 7.10. The topological polar surface area (TPSA) is 98.5 Å². The number of carbonyl (C=O) groups is 1. The predicted octanol–water partition coefficient (Wildman–Crippen LogP) is 2.25. The van der Waals surface area contributed by atoms with E-state index in [4.69, 9.17) is 14.0 Å². The predicted molar refractivity (Wildman–Crippen MR) is 81.1 cm³/mol. The molecule has 8 nitrogen and oxygen atoms in total. The Morgan fingerprint density at radius 2 is 2.30 bits per heavy atom. The normalized spacial score (nSPS) is 17.0. The molecule has 2 N–H and O–H groups in total. The van der Waals surface area contributed by atoms with Crippen molar-refractivity contribution in [1.29, 1.82) is 0 Å². The van der Waals surface area contributed by atoms with Crippen molar-refractivity contribution < 1.29 is 18.8 Å². The first kappa shape index (κ1) is 15.3. The quantitative estimate of drug-likeness (QED) is 0.877. The zero-order chi connectivity index (χ0) is 16.1. The first-order valence-corrected chi connectivity index (χ1v) is 7.38. The average molecular weight is 318 g/mol. The van der Waals surface area contributed by atoms with E-state index in [1.807, 2.05) is 12.1 Å². The molecule has 2 aromatic rings. The third-order valence-corrected chi connectivity index (χ3v) is 3.45. The maximum Gasteiger partial charge on any atom is 0.319 e. The lowest BCUT2D eigenvalue weighted by Gasteiger charge is -2.09. The highest BCUT2D eigenvalue weighted by molar-refractivity contribution is 5.90. The van der Waals surface area contributed by atoms with Crippen molar-refractivity contribution in [2.24, 2.45) is 0 Å². The standard InChI is InChI=1S/C15H18N4O4/c1-21-11-6-3-2-5-10(11)17-15(20)16-9-13-18-14(23-19-13)12-7-4-8-22-12/h2-3,5-6,12H,4,7-9H2,1H3,(H2,16,17,20)/t12-/m0/s1. The molecular formula is C15H18N4O4. The number of ether oxygens (including phenoxy) is 2. The van der Waals surface area contributed by atoms with E-state index in [1.54, 1.807) is 19.2 Å². The maximum absolute atomic E-state index is 11.9. The van der Waals surface area contributed by atoms with Crippen molar-refractivity contribution in [3.05, 3.63) is 36.0 Å². The fourth-order valence-electron chi connectivity index (χ4n) is 2.32. The zero-order valence-electron chi connectivity index (χ0n) is 12.7. The van der Waals surface area contributed by atoms with Crippen LogP contribution in [0.3, 0.4) is 0 Å². The largest absolute Gasteiger partial charge is 0.495 e. The van der Waals surface area contributed by atoms with Gasteiger partial charge in [-0.15, -0.1) is 0 Å². The number of hydrogen-bond acceptors (Lipinski definition) is 6. The SMILES string of the molecule is COc1ccccc1NC(=O)NCc1noc([C@@H]2CCCO2)n1. The summed E-state index contributed by atoms with van der Waals surface area (Å²) < 4.78 is 15.8. The molecule has 0 saturated carbocycles. The number of para-hydroxylation sites is 2. The summed E-state index contributed by atoms with van der Waals surface area (Å²) in [5.74, 6) is 1.46. The van der Waals surface area contributed by atoms with Gasteiger partial charge in [-0.25, -0.2) is 4.79 Å². The van der Waals surface area contributed by atoms with Gasteiger partial charge in [-0.1, -0.05) is 17.3 Å². The molecule has 0 bridgehead atoms. The van der Waals surface area contributed by atoms with Gasteiger partial charge in [0.1, 0.15) is 11.9 Å². The molecule has 1 aliphatic rings. The molecule has 1 aromatic carbocycles. The van der Waals surface area contributed by atoms with Gasteiger partial charge in [-0.05, 0) is 25.0 Å². The van der Waals surface area contributed by atoms with Crippen LogP contribution in [-0.4, -0.2) is 29.9 Å². The van der Waals surface area contributed by atoms with Crippen LogP contribution < -0.4 is 15.4 Å². The fraction of sp³-hybridized carbons (Fsp3) is 0.400. The Kier molecular flexibility index (Phi) is 4.72. The van der Waals surface area contributed by atoms with E-state index in [-0.39, 0.29) is 18.7 Å². The van der Waals surface area contributed by atoms with Crippen molar-refractivity contribution in [3.63, 3.8) is 0 Å². The summed E-state index contributed by atoms with van der Waals surface area (Å²) in [5.41, 5.74) is 0.584. The van der Waals surface area contributed by atoms with Crippen molar-refractivity contribution >= 4 is 11.7 Å². The Morgan fingerprint density at radius 3 is 3.09 bits per heavy atom. The third kappa shape index (κ3) is 3.78. The van der Waals surface area contributed by atoms with Crippen molar-refractivity contribution in [1.82, 2.24) is 15.5 Å². The van der Waals surface area contributed by atoms with E-state index in [0.29, 0.717) is 29.8 Å². The Hall–Kier alpha value is -2.61. The van der Waals surface area contributed by atoms with E-state index in [1.165, 1.54) is 0 Å². The highest BCUT2D eigenvalue weighted by Crippen LogP contribution is 2.27. The summed E-state index contributed by atoms with van der Waals surface area (Å²) in [4.78, 5) is 16.2. The minimum absolute atomic E-state index is 0.126. The van der Waals surface area contributed by atoms with Crippen LogP contribution in [0.15, 0.2) is 28.8 Å². The lowest BCUT2D eigenvalue weighted by Crippen LogP contribution is -2.28. The molecular weight excluding hydrogens is 300 g/mol. The summed E-state index contributed by atoms with van der Waals surface area (Å²) in [7, 11) is 1.55. The summed E-state index contributed by atoms with van der Waals surface area (Å²) in [6, 6.07) is 6.78. The number of methoxy groups -OCH3 is 1. The molecule has 1 fully saturated rings. The lowest BCUT2D eigenvalue weighted by molar-refractivity contribution is 0.0835. The van der Waals surface area contributed by atoms with Crippen LogP contribution >= 0.6 is 0 Å². The van der Waals surface area contributed by atoms with Gasteiger partial charge in [-0.2, -0.15) is 4.98 Å². The molecule has 23 heavy (non-hydrogen) atoms. The van der Waals surface area contributed by atoms with Gasteiger partial charge in [0.15, 0.2) is 5.82 Å². The second-order valence-corrected chi connectivity index (χ2v) is 5.06. The number of carbonyl (C=O) groups excluding carboxylic acids is 1. The number of hydrogen-bond donors (Lipinski definition) is 2. The number of amides is 2. The molecule has 122 valence electrons. The summed E-state index contributed by atoms with van der Waals surface area (Å²) in [6.07, 6.45) is 1.74. The number of rotatable bonds is 5. The Morgan fingerprint density at radius 1 is 1.43 bits per heavy atom. The smallest absolute Gasteiger partial charge is 0.319 e. The van der Waals surface area contributed by atoms with Gasteiger partial charge in [0.25, 0.3) is 5.89 Å². The van der Waals surface area contributed by atoms with Crippen LogP contribution in [-0.2, 0) is 11.3 Å². The van der Waals surface area contributed by atoms with Gasteiger partial charge in [-0.3, -0.25) is 0 Å². The van der Waals surface area contributed by atoms with E-state index < -0.39 is 0 Å². The number of benzene rings is 1. The van der Waals surface area contributed by atoms with Crippen molar-refractivity contribution in [3.8, 4) is 5.75 Å². The first-order valence-electron chi connectivity index (χ1n) is 7.38. The molecule has 1 saturated heterocycles. The molecule has 1 aromatic heterocycles. The lowest BCUT2D eigenvalue weighted by atomic mass is 10.2. The third-order valence-electron chi connectivity index (χ3n) is 3.45. The molecule has 1 atom stereocenters. The fourth-order valence-corrected chi connectivity index (χ4v) is 2.32.